The summed E-state index contributed by atoms with van der Waals surface area (Å²) in [5.74, 6) is 6.63. The standard InChI is InChI=1S/C26H34O7S2/c1-2-4-24-23(3-1)32-13-15-34-19-21-17-25-26(18-22(21)20-35-16-14-33-24)31-12-10-29-8-6-27-5-7-28-9-11-30-25/h1-4,17-18H,5-16,19-20H2. The molecule has 0 spiro atoms. The van der Waals surface area contributed by atoms with Gasteiger partial charge in [0.2, 0.25) is 0 Å². The Balaban J connectivity index is 1.45. The van der Waals surface area contributed by atoms with Crippen molar-refractivity contribution in [2.75, 3.05) is 77.6 Å². The van der Waals surface area contributed by atoms with Gasteiger partial charge in [0.05, 0.1) is 52.9 Å². The lowest BCUT2D eigenvalue weighted by Crippen LogP contribution is -2.13. The number of rotatable bonds is 0. The number of fused-ring (bicyclic) bond motifs is 3. The molecule has 0 saturated carbocycles. The average Bonchev–Trinajstić information content (AvgIpc) is 2.88. The number of hydrogen-bond donors (Lipinski definition) is 0. The highest BCUT2D eigenvalue weighted by molar-refractivity contribution is 7.98. The number of ether oxygens (including phenoxy) is 7. The summed E-state index contributed by atoms with van der Waals surface area (Å²) < 4.78 is 40.8. The van der Waals surface area contributed by atoms with Crippen LogP contribution >= 0.6 is 23.5 Å². The Hall–Kier alpha value is -1.78. The van der Waals surface area contributed by atoms with Crippen molar-refractivity contribution in [3.63, 3.8) is 0 Å². The van der Waals surface area contributed by atoms with E-state index >= 15 is 0 Å². The van der Waals surface area contributed by atoms with E-state index in [0.29, 0.717) is 66.1 Å². The molecular formula is C26H34O7S2. The quantitative estimate of drug-likeness (QED) is 0.499. The summed E-state index contributed by atoms with van der Waals surface area (Å²) in [7, 11) is 0. The van der Waals surface area contributed by atoms with E-state index in [9.17, 15) is 0 Å². The first-order valence-corrected chi connectivity index (χ1v) is 14.4. The Morgan fingerprint density at radius 1 is 0.457 bits per heavy atom. The molecule has 0 aromatic heterocycles. The van der Waals surface area contributed by atoms with E-state index < -0.39 is 0 Å². The van der Waals surface area contributed by atoms with Gasteiger partial charge in [0.1, 0.15) is 13.2 Å². The summed E-state index contributed by atoms with van der Waals surface area (Å²) in [4.78, 5) is 0. The van der Waals surface area contributed by atoms with E-state index in [2.05, 4.69) is 12.1 Å². The maximum absolute atomic E-state index is 6.09. The summed E-state index contributed by atoms with van der Waals surface area (Å²) >= 11 is 3.70. The lowest BCUT2D eigenvalue weighted by atomic mass is 10.1. The predicted octanol–water partition coefficient (Wildman–Crippen LogP) is 4.45. The van der Waals surface area contributed by atoms with Crippen LogP contribution in [0.4, 0.5) is 0 Å². The van der Waals surface area contributed by atoms with Crippen molar-refractivity contribution in [3.05, 3.63) is 47.5 Å². The van der Waals surface area contributed by atoms with Gasteiger partial charge in [-0.05, 0) is 35.4 Å². The molecule has 0 atom stereocenters. The second kappa shape index (κ2) is 15.4. The first kappa shape index (κ1) is 26.3. The molecule has 0 saturated heterocycles. The van der Waals surface area contributed by atoms with Crippen molar-refractivity contribution in [3.8, 4) is 23.0 Å². The maximum Gasteiger partial charge on any atom is 0.161 e. The molecule has 0 bridgehead atoms. The zero-order valence-corrected chi connectivity index (χ0v) is 21.7. The van der Waals surface area contributed by atoms with Crippen molar-refractivity contribution in [2.24, 2.45) is 0 Å². The van der Waals surface area contributed by atoms with Gasteiger partial charge in [-0.3, -0.25) is 0 Å². The van der Waals surface area contributed by atoms with Crippen LogP contribution in [0.3, 0.4) is 0 Å². The molecule has 2 heterocycles. The van der Waals surface area contributed by atoms with Crippen molar-refractivity contribution < 1.29 is 33.2 Å². The molecule has 4 rings (SSSR count). The molecule has 7 nitrogen and oxygen atoms in total. The molecule has 2 aromatic carbocycles. The van der Waals surface area contributed by atoms with Gasteiger partial charge in [0.25, 0.3) is 0 Å². The van der Waals surface area contributed by atoms with Crippen LogP contribution in [0.5, 0.6) is 23.0 Å². The van der Waals surface area contributed by atoms with Crippen molar-refractivity contribution in [2.45, 2.75) is 11.5 Å². The lowest BCUT2D eigenvalue weighted by molar-refractivity contribution is 0.00708. The van der Waals surface area contributed by atoms with Crippen LogP contribution in [0.25, 0.3) is 0 Å². The Labute approximate surface area is 216 Å². The summed E-state index contributed by atoms with van der Waals surface area (Å²) in [6.07, 6.45) is 0. The topological polar surface area (TPSA) is 64.6 Å². The largest absolute Gasteiger partial charge is 0.489 e. The fraction of sp³-hybridized carbons (Fsp3) is 0.538. The fourth-order valence-corrected chi connectivity index (χ4v) is 5.24. The SMILES string of the molecule is c1ccc2c(c1)OCCSCc1cc3c(cc1CSCCO2)OCCOCCOCCOCCO3. The maximum atomic E-state index is 6.09. The van der Waals surface area contributed by atoms with E-state index in [-0.39, 0.29) is 0 Å². The molecule has 0 unspecified atom stereocenters. The minimum absolute atomic E-state index is 0.456. The number of para-hydroxylation sites is 2. The number of benzene rings is 2. The molecule has 2 aliphatic rings. The molecule has 9 heteroatoms. The van der Waals surface area contributed by atoms with Crippen LogP contribution in [-0.2, 0) is 25.7 Å². The molecule has 0 fully saturated rings. The third-order valence-corrected chi connectivity index (χ3v) is 7.26. The molecule has 2 aliphatic heterocycles. The first-order valence-electron chi connectivity index (χ1n) is 12.0. The molecule has 0 N–H and O–H groups in total. The zero-order valence-electron chi connectivity index (χ0n) is 20.0. The highest BCUT2D eigenvalue weighted by Crippen LogP contribution is 2.35. The lowest BCUT2D eigenvalue weighted by Gasteiger charge is -2.18. The Morgan fingerprint density at radius 2 is 0.857 bits per heavy atom. The average molecular weight is 523 g/mol. The van der Waals surface area contributed by atoms with Crippen LogP contribution in [0.1, 0.15) is 11.1 Å². The summed E-state index contributed by atoms with van der Waals surface area (Å²) in [5, 5.41) is 0. The van der Waals surface area contributed by atoms with Crippen LogP contribution in [0, 0.1) is 0 Å². The number of hydrogen-bond acceptors (Lipinski definition) is 9. The van der Waals surface area contributed by atoms with Gasteiger partial charge in [0.15, 0.2) is 23.0 Å². The van der Waals surface area contributed by atoms with Crippen LogP contribution in [0.2, 0.25) is 0 Å². The molecule has 0 radical (unpaired) electrons. The van der Waals surface area contributed by atoms with E-state index in [1.807, 2.05) is 47.8 Å². The minimum Gasteiger partial charge on any atom is -0.489 e. The third kappa shape index (κ3) is 8.99. The molecule has 35 heavy (non-hydrogen) atoms. The van der Waals surface area contributed by atoms with E-state index in [1.54, 1.807) is 0 Å². The molecule has 192 valence electrons. The highest BCUT2D eigenvalue weighted by atomic mass is 32.2. The second-order valence-corrected chi connectivity index (χ2v) is 10.1. The number of thioether (sulfide) groups is 2. The molecular weight excluding hydrogens is 488 g/mol. The van der Waals surface area contributed by atoms with Gasteiger partial charge in [-0.2, -0.15) is 23.5 Å². The van der Waals surface area contributed by atoms with Crippen molar-refractivity contribution in [1.82, 2.24) is 0 Å². The Bertz CT molecular complexity index is 826. The molecule has 0 aliphatic carbocycles. The van der Waals surface area contributed by atoms with Crippen LogP contribution < -0.4 is 18.9 Å². The van der Waals surface area contributed by atoms with Gasteiger partial charge >= 0.3 is 0 Å². The third-order valence-electron chi connectivity index (χ3n) is 5.32. The molecule has 0 amide bonds. The van der Waals surface area contributed by atoms with Gasteiger partial charge in [0, 0.05) is 23.0 Å². The van der Waals surface area contributed by atoms with Gasteiger partial charge in [-0.1, -0.05) is 12.1 Å². The van der Waals surface area contributed by atoms with Crippen LogP contribution in [-0.4, -0.2) is 77.6 Å². The van der Waals surface area contributed by atoms with Crippen molar-refractivity contribution in [1.29, 1.82) is 0 Å². The fourth-order valence-electron chi connectivity index (χ4n) is 3.58. The van der Waals surface area contributed by atoms with E-state index in [4.69, 9.17) is 33.2 Å². The smallest absolute Gasteiger partial charge is 0.161 e. The Morgan fingerprint density at radius 3 is 1.31 bits per heavy atom. The monoisotopic (exact) mass is 522 g/mol. The van der Waals surface area contributed by atoms with Gasteiger partial charge < -0.3 is 33.2 Å². The highest BCUT2D eigenvalue weighted by Gasteiger charge is 2.14. The van der Waals surface area contributed by atoms with Gasteiger partial charge in [-0.15, -0.1) is 0 Å². The zero-order chi connectivity index (χ0) is 24.0. The minimum atomic E-state index is 0.456. The first-order chi connectivity index (χ1) is 17.4. The summed E-state index contributed by atoms with van der Waals surface area (Å²) in [6, 6.07) is 12.1. The van der Waals surface area contributed by atoms with Gasteiger partial charge in [-0.25, -0.2) is 0 Å². The van der Waals surface area contributed by atoms with E-state index in [1.165, 1.54) is 11.1 Å². The summed E-state index contributed by atoms with van der Waals surface area (Å²) in [5.41, 5.74) is 2.51. The summed E-state index contributed by atoms with van der Waals surface area (Å²) in [6.45, 7) is 5.36. The predicted molar refractivity (Wildman–Crippen MR) is 140 cm³/mol. The normalized spacial score (nSPS) is 19.3. The molecule has 2 aromatic rings. The van der Waals surface area contributed by atoms with Crippen LogP contribution in [0.15, 0.2) is 36.4 Å². The van der Waals surface area contributed by atoms with E-state index in [0.717, 1.165) is 46.0 Å². The second-order valence-electron chi connectivity index (χ2n) is 7.85. The van der Waals surface area contributed by atoms with Crippen molar-refractivity contribution >= 4 is 23.5 Å². The Kier molecular flexibility index (Phi) is 11.5.